The molecule has 1 nitrogen and oxygen atoms in total. The Kier molecular flexibility index (Phi) is 2.93. The zero-order chi connectivity index (χ0) is 13.7. The van der Waals surface area contributed by atoms with Gasteiger partial charge in [0.1, 0.15) is 5.82 Å². The molecule has 0 aromatic heterocycles. The maximum absolute atomic E-state index is 13.7. The molecule has 0 radical (unpaired) electrons. The Morgan fingerprint density at radius 3 is 2.33 bits per heavy atom. The van der Waals surface area contributed by atoms with Gasteiger partial charge in [-0.15, -0.1) is 0 Å². The number of hydrogen-bond donors (Lipinski definition) is 1. The lowest BCUT2D eigenvalue weighted by atomic mass is 10.0. The molecule has 1 aliphatic rings. The zero-order valence-electron chi connectivity index (χ0n) is 10.2. The molecule has 0 bridgehead atoms. The molecule has 2 atom stereocenters. The third-order valence-corrected chi connectivity index (χ3v) is 3.96. The highest BCUT2D eigenvalue weighted by Gasteiger charge is 2.58. The number of hydrogen-bond acceptors (Lipinski definition) is 1. The fourth-order valence-electron chi connectivity index (χ4n) is 2.76. The van der Waals surface area contributed by atoms with Crippen LogP contribution in [0.4, 0.5) is 17.6 Å². The molecule has 1 aliphatic carbocycles. The van der Waals surface area contributed by atoms with Crippen LogP contribution in [-0.2, 0) is 6.18 Å². The van der Waals surface area contributed by atoms with E-state index in [0.717, 1.165) is 18.2 Å². The second-order valence-corrected chi connectivity index (χ2v) is 5.38. The minimum absolute atomic E-state index is 0.0375. The summed E-state index contributed by atoms with van der Waals surface area (Å²) < 4.78 is 51.5. The first kappa shape index (κ1) is 13.3. The largest absolute Gasteiger partial charge is 0.416 e. The molecule has 0 aliphatic heterocycles. The highest BCUT2D eigenvalue weighted by Crippen LogP contribution is 2.64. The predicted molar refractivity (Wildman–Crippen MR) is 60.5 cm³/mol. The van der Waals surface area contributed by atoms with Crippen molar-refractivity contribution in [2.24, 2.45) is 17.1 Å². The molecule has 18 heavy (non-hydrogen) atoms. The fraction of sp³-hybridized carbons (Fsp3) is 0.538. The molecular weight excluding hydrogens is 246 g/mol. The Bertz CT molecular complexity index is 465. The van der Waals surface area contributed by atoms with E-state index in [9.17, 15) is 17.6 Å². The third-order valence-electron chi connectivity index (χ3n) is 3.96. The smallest absolute Gasteiger partial charge is 0.330 e. The first-order chi connectivity index (χ1) is 8.19. The summed E-state index contributed by atoms with van der Waals surface area (Å²) in [7, 11) is 0. The summed E-state index contributed by atoms with van der Waals surface area (Å²) >= 11 is 0. The molecule has 0 amide bonds. The van der Waals surface area contributed by atoms with Crippen LogP contribution in [0.5, 0.6) is 0 Å². The van der Waals surface area contributed by atoms with Crippen molar-refractivity contribution in [1.82, 2.24) is 0 Å². The monoisotopic (exact) mass is 261 g/mol. The Morgan fingerprint density at radius 1 is 1.28 bits per heavy atom. The first-order valence-electron chi connectivity index (χ1n) is 5.76. The van der Waals surface area contributed by atoms with E-state index >= 15 is 0 Å². The first-order valence-corrected chi connectivity index (χ1v) is 5.76. The number of alkyl halides is 3. The van der Waals surface area contributed by atoms with E-state index in [1.54, 1.807) is 0 Å². The summed E-state index contributed by atoms with van der Waals surface area (Å²) in [6.45, 7) is 4.15. The fourth-order valence-corrected chi connectivity index (χ4v) is 2.76. The van der Waals surface area contributed by atoms with Crippen molar-refractivity contribution in [3.05, 3.63) is 35.1 Å². The highest BCUT2D eigenvalue weighted by atomic mass is 19.4. The Hall–Kier alpha value is -1.10. The van der Waals surface area contributed by atoms with Crippen molar-refractivity contribution in [3.63, 3.8) is 0 Å². The molecule has 2 rings (SSSR count). The van der Waals surface area contributed by atoms with Gasteiger partial charge in [-0.2, -0.15) is 13.2 Å². The SMILES string of the molecule is CC1(C)C(CN)C1c1cc(C(F)(F)F)ccc1F. The molecule has 1 fully saturated rings. The molecule has 5 heteroatoms. The highest BCUT2D eigenvalue weighted by molar-refractivity contribution is 5.37. The summed E-state index contributed by atoms with van der Waals surface area (Å²) in [4.78, 5) is 0. The van der Waals surface area contributed by atoms with Crippen molar-refractivity contribution in [2.45, 2.75) is 25.9 Å². The number of nitrogens with two attached hydrogens (primary N) is 1. The van der Waals surface area contributed by atoms with Gasteiger partial charge in [0.15, 0.2) is 0 Å². The minimum Gasteiger partial charge on any atom is -0.330 e. The van der Waals surface area contributed by atoms with E-state index in [1.807, 2.05) is 13.8 Å². The molecule has 0 spiro atoms. The van der Waals surface area contributed by atoms with Crippen molar-refractivity contribution in [3.8, 4) is 0 Å². The lowest BCUT2D eigenvalue weighted by Crippen LogP contribution is -2.07. The van der Waals surface area contributed by atoms with E-state index in [1.165, 1.54) is 0 Å². The van der Waals surface area contributed by atoms with Gasteiger partial charge in [-0.25, -0.2) is 4.39 Å². The predicted octanol–water partition coefficient (Wildman–Crippen LogP) is 3.54. The number of rotatable bonds is 2. The van der Waals surface area contributed by atoms with E-state index in [2.05, 4.69) is 0 Å². The van der Waals surface area contributed by atoms with Crippen molar-refractivity contribution < 1.29 is 17.6 Å². The molecule has 0 heterocycles. The number of benzene rings is 1. The van der Waals surface area contributed by atoms with Gasteiger partial charge in [-0.3, -0.25) is 0 Å². The summed E-state index contributed by atoms with van der Waals surface area (Å²) in [6.07, 6.45) is -4.44. The summed E-state index contributed by atoms with van der Waals surface area (Å²) in [5.74, 6) is -0.780. The third kappa shape index (κ3) is 2.00. The molecule has 100 valence electrons. The maximum atomic E-state index is 13.7. The average Bonchev–Trinajstić information content (AvgIpc) is 2.79. The van der Waals surface area contributed by atoms with Gasteiger partial charge in [0.25, 0.3) is 0 Å². The summed E-state index contributed by atoms with van der Waals surface area (Å²) in [5.41, 5.74) is 4.65. The Labute approximate surface area is 103 Å². The van der Waals surface area contributed by atoms with Crippen LogP contribution in [0.3, 0.4) is 0 Å². The van der Waals surface area contributed by atoms with Gasteiger partial charge in [0.2, 0.25) is 0 Å². The van der Waals surface area contributed by atoms with Gasteiger partial charge in [0, 0.05) is 0 Å². The second kappa shape index (κ2) is 3.95. The molecule has 0 saturated heterocycles. The quantitative estimate of drug-likeness (QED) is 0.809. The topological polar surface area (TPSA) is 26.0 Å². The van der Waals surface area contributed by atoms with Crippen LogP contribution in [0.25, 0.3) is 0 Å². The van der Waals surface area contributed by atoms with E-state index in [-0.39, 0.29) is 22.8 Å². The molecule has 1 saturated carbocycles. The van der Waals surface area contributed by atoms with E-state index < -0.39 is 17.6 Å². The van der Waals surface area contributed by atoms with E-state index in [4.69, 9.17) is 5.73 Å². The molecular formula is C13H15F4N. The van der Waals surface area contributed by atoms with Crippen molar-refractivity contribution in [1.29, 1.82) is 0 Å². The normalized spacial score (nSPS) is 26.2. The zero-order valence-corrected chi connectivity index (χ0v) is 10.2. The standard InChI is InChI=1S/C13H15F4N/c1-12(2)9(6-18)11(12)8-5-7(13(15,16)17)3-4-10(8)14/h3-5,9,11H,6,18H2,1-2H3. The second-order valence-electron chi connectivity index (χ2n) is 5.38. The molecule has 1 aromatic carbocycles. The Balaban J connectivity index is 2.41. The van der Waals surface area contributed by atoms with Gasteiger partial charge >= 0.3 is 6.18 Å². The van der Waals surface area contributed by atoms with Crippen LogP contribution in [0.1, 0.15) is 30.9 Å². The van der Waals surface area contributed by atoms with Crippen LogP contribution in [0.15, 0.2) is 18.2 Å². The van der Waals surface area contributed by atoms with Gasteiger partial charge in [-0.1, -0.05) is 13.8 Å². The lowest BCUT2D eigenvalue weighted by molar-refractivity contribution is -0.137. The summed E-state index contributed by atoms with van der Waals surface area (Å²) in [6, 6.07) is 2.57. The molecule has 1 aromatic rings. The van der Waals surface area contributed by atoms with Gasteiger partial charge < -0.3 is 5.73 Å². The average molecular weight is 261 g/mol. The van der Waals surface area contributed by atoms with Gasteiger partial charge in [-0.05, 0) is 47.6 Å². The van der Waals surface area contributed by atoms with Crippen LogP contribution in [0, 0.1) is 17.2 Å². The van der Waals surface area contributed by atoms with Crippen LogP contribution in [-0.4, -0.2) is 6.54 Å². The van der Waals surface area contributed by atoms with E-state index in [0.29, 0.717) is 6.54 Å². The van der Waals surface area contributed by atoms with Crippen molar-refractivity contribution in [2.75, 3.05) is 6.54 Å². The maximum Gasteiger partial charge on any atom is 0.416 e. The minimum atomic E-state index is -4.44. The van der Waals surface area contributed by atoms with Crippen LogP contribution < -0.4 is 5.73 Å². The van der Waals surface area contributed by atoms with Crippen LogP contribution >= 0.6 is 0 Å². The number of halogens is 4. The Morgan fingerprint density at radius 2 is 1.89 bits per heavy atom. The summed E-state index contributed by atoms with van der Waals surface area (Å²) in [5, 5.41) is 0. The lowest BCUT2D eigenvalue weighted by Gasteiger charge is -2.10. The molecule has 2 N–H and O–H groups in total. The van der Waals surface area contributed by atoms with Crippen LogP contribution in [0.2, 0.25) is 0 Å². The van der Waals surface area contributed by atoms with Gasteiger partial charge in [0.05, 0.1) is 5.56 Å². The van der Waals surface area contributed by atoms with Crippen molar-refractivity contribution >= 4 is 0 Å². The molecule has 2 unspecified atom stereocenters.